The number of benzene rings is 3. The molecule has 2 fully saturated rings. The first kappa shape index (κ1) is 36.7. The molecule has 0 amide bonds. The highest BCUT2D eigenvalue weighted by atomic mass is 35.5. The van der Waals surface area contributed by atoms with E-state index in [1.54, 1.807) is 50.5 Å². The first-order valence-corrected chi connectivity index (χ1v) is 17.6. The van der Waals surface area contributed by atoms with Gasteiger partial charge in [0.25, 0.3) is 0 Å². The zero-order valence-corrected chi connectivity index (χ0v) is 30.3. The summed E-state index contributed by atoms with van der Waals surface area (Å²) in [7, 11) is 0. The lowest BCUT2D eigenvalue weighted by molar-refractivity contribution is 0.122. The van der Waals surface area contributed by atoms with Crippen molar-refractivity contribution in [3.05, 3.63) is 114 Å². The molecular weight excluding hydrogens is 721 g/mol. The van der Waals surface area contributed by atoms with Crippen molar-refractivity contribution in [3.63, 3.8) is 0 Å². The smallest absolute Gasteiger partial charge is 0.227 e. The monoisotopic (exact) mass is 756 g/mol. The fourth-order valence-electron chi connectivity index (χ4n) is 6.16. The number of nitrogens with zero attached hydrogens (tertiary/aromatic N) is 9. The lowest BCUT2D eigenvalue weighted by atomic mass is 10.1. The number of morpholine rings is 2. The maximum Gasteiger partial charge on any atom is 0.227 e. The number of hydrogen-bond acceptors (Lipinski definition) is 11. The van der Waals surface area contributed by atoms with E-state index < -0.39 is 5.82 Å². The van der Waals surface area contributed by atoms with Crippen molar-refractivity contribution >= 4 is 34.6 Å². The summed E-state index contributed by atoms with van der Waals surface area (Å²) in [6, 6.07) is 17.8. The van der Waals surface area contributed by atoms with Crippen LogP contribution < -0.4 is 15.1 Å². The van der Waals surface area contributed by atoms with Gasteiger partial charge in [0.2, 0.25) is 11.2 Å². The van der Waals surface area contributed by atoms with E-state index in [-0.39, 0.29) is 22.9 Å². The zero-order valence-electron chi connectivity index (χ0n) is 29.5. The largest absolute Gasteiger partial charge is 0.378 e. The number of aryl methyl sites for hydroxylation is 2. The van der Waals surface area contributed by atoms with Crippen LogP contribution in [0.25, 0.3) is 28.2 Å². The van der Waals surface area contributed by atoms with Crippen LogP contribution in [0.3, 0.4) is 0 Å². The van der Waals surface area contributed by atoms with Gasteiger partial charge in [-0.25, -0.2) is 42.8 Å². The van der Waals surface area contributed by atoms with E-state index in [4.69, 9.17) is 21.1 Å². The SMILES string of the molecule is Cc1nc(C)n(-c2ccc(Nc3nccc(-c4cc(F)cc(N5CCOCC5)c4)n3)cc2F)n1.Fc1cc(-c2ccnc(Cl)n2)cc(N2CCOCC2)c1. The van der Waals surface area contributed by atoms with Gasteiger partial charge in [-0.3, -0.25) is 0 Å². The van der Waals surface area contributed by atoms with Gasteiger partial charge in [0.05, 0.1) is 37.8 Å². The Morgan fingerprint density at radius 3 is 1.78 bits per heavy atom. The Morgan fingerprint density at radius 2 is 1.24 bits per heavy atom. The van der Waals surface area contributed by atoms with Crippen molar-refractivity contribution in [2.24, 2.45) is 0 Å². The van der Waals surface area contributed by atoms with E-state index in [2.05, 4.69) is 45.1 Å². The molecule has 5 heterocycles. The molecule has 6 aromatic rings. The van der Waals surface area contributed by atoms with Gasteiger partial charge in [0.1, 0.15) is 29.0 Å². The van der Waals surface area contributed by atoms with Crippen molar-refractivity contribution < 1.29 is 22.6 Å². The summed E-state index contributed by atoms with van der Waals surface area (Å²) in [6.07, 6.45) is 3.14. The first-order chi connectivity index (χ1) is 26.2. The van der Waals surface area contributed by atoms with Gasteiger partial charge in [0, 0.05) is 66.8 Å². The molecule has 8 rings (SSSR count). The molecule has 12 nitrogen and oxygen atoms in total. The van der Waals surface area contributed by atoms with Crippen LogP contribution >= 0.6 is 11.6 Å². The third kappa shape index (κ3) is 8.93. The third-order valence-corrected chi connectivity index (χ3v) is 8.88. The summed E-state index contributed by atoms with van der Waals surface area (Å²) >= 11 is 5.78. The second-order valence-corrected chi connectivity index (χ2v) is 12.8. The molecule has 0 unspecified atom stereocenters. The number of ether oxygens (including phenoxy) is 2. The van der Waals surface area contributed by atoms with Crippen LogP contribution in [0.1, 0.15) is 11.6 Å². The van der Waals surface area contributed by atoms with Crippen LogP contribution in [-0.4, -0.2) is 87.3 Å². The average Bonchev–Trinajstić information content (AvgIpc) is 3.52. The summed E-state index contributed by atoms with van der Waals surface area (Å²) in [5, 5.41) is 7.40. The van der Waals surface area contributed by atoms with Gasteiger partial charge in [-0.05, 0) is 92.2 Å². The maximum absolute atomic E-state index is 14.8. The number of hydrogen-bond donors (Lipinski definition) is 1. The van der Waals surface area contributed by atoms with E-state index >= 15 is 0 Å². The second-order valence-electron chi connectivity index (χ2n) is 12.5. The van der Waals surface area contributed by atoms with Gasteiger partial charge in [-0.1, -0.05) is 0 Å². The number of aromatic nitrogens is 7. The Morgan fingerprint density at radius 1 is 0.667 bits per heavy atom. The van der Waals surface area contributed by atoms with Gasteiger partial charge in [-0.15, -0.1) is 0 Å². The van der Waals surface area contributed by atoms with Gasteiger partial charge in [0.15, 0.2) is 5.82 Å². The van der Waals surface area contributed by atoms with E-state index in [1.807, 2.05) is 12.1 Å². The third-order valence-electron chi connectivity index (χ3n) is 8.70. The summed E-state index contributed by atoms with van der Waals surface area (Å²) in [4.78, 5) is 25.1. The van der Waals surface area contributed by atoms with Crippen molar-refractivity contribution in [2.45, 2.75) is 13.8 Å². The maximum atomic E-state index is 14.8. The zero-order chi connectivity index (χ0) is 37.6. The molecule has 2 aliphatic rings. The van der Waals surface area contributed by atoms with Crippen molar-refractivity contribution in [3.8, 4) is 28.2 Å². The van der Waals surface area contributed by atoms with Crippen molar-refractivity contribution in [1.82, 2.24) is 34.7 Å². The summed E-state index contributed by atoms with van der Waals surface area (Å²) in [5.74, 6) is 0.337. The molecule has 54 heavy (non-hydrogen) atoms. The fourth-order valence-corrected chi connectivity index (χ4v) is 6.31. The topological polar surface area (TPSA) is 119 Å². The highest BCUT2D eigenvalue weighted by Crippen LogP contribution is 2.29. The molecular formula is C38H36ClF3N10O2. The van der Waals surface area contributed by atoms with Gasteiger partial charge >= 0.3 is 0 Å². The van der Waals surface area contributed by atoms with Crippen LogP contribution in [0.15, 0.2) is 79.1 Å². The van der Waals surface area contributed by atoms with Crippen LogP contribution in [0.5, 0.6) is 0 Å². The molecule has 278 valence electrons. The average molecular weight is 757 g/mol. The molecule has 0 saturated carbocycles. The van der Waals surface area contributed by atoms with Crippen molar-refractivity contribution in [1.29, 1.82) is 0 Å². The van der Waals surface area contributed by atoms with Crippen LogP contribution in [0, 0.1) is 31.3 Å². The first-order valence-electron chi connectivity index (χ1n) is 17.2. The molecule has 0 atom stereocenters. The van der Waals surface area contributed by atoms with Crippen LogP contribution in [-0.2, 0) is 9.47 Å². The number of anilines is 4. The minimum absolute atomic E-state index is 0.152. The molecule has 3 aromatic carbocycles. The van der Waals surface area contributed by atoms with Gasteiger partial charge in [-0.2, -0.15) is 5.10 Å². The standard InChI is InChI=1S/C24H23F2N7O.C14H13ClFN3O/c1-15-28-16(2)33(31-15)23-4-3-19(14-21(23)26)29-24-27-6-5-22(30-24)17-11-18(25)13-20(12-17)32-7-9-34-10-8-32;15-14-17-2-1-13(18-14)10-7-11(16)9-12(8-10)19-3-5-20-6-4-19/h3-6,11-14H,7-10H2,1-2H3,(H,27,29,30);1-2,7-9H,3-6H2. The normalized spacial score (nSPS) is 14.4. The predicted octanol–water partition coefficient (Wildman–Crippen LogP) is 6.97. The molecule has 0 radical (unpaired) electrons. The lowest BCUT2D eigenvalue weighted by Crippen LogP contribution is -2.36. The molecule has 0 bridgehead atoms. The predicted molar refractivity (Wildman–Crippen MR) is 200 cm³/mol. The summed E-state index contributed by atoms with van der Waals surface area (Å²) in [5.41, 5.74) is 4.87. The fraction of sp³-hybridized carbons (Fsp3) is 0.263. The number of rotatable bonds is 7. The van der Waals surface area contributed by atoms with Crippen molar-refractivity contribution in [2.75, 3.05) is 67.7 Å². The molecule has 16 heteroatoms. The molecule has 1 N–H and O–H groups in total. The second kappa shape index (κ2) is 16.6. The van der Waals surface area contributed by atoms with E-state index in [0.717, 1.165) is 24.5 Å². The minimum atomic E-state index is -0.463. The van der Waals surface area contributed by atoms with Crippen LogP contribution in [0.2, 0.25) is 5.28 Å². The number of nitrogens with one attached hydrogen (secondary N) is 1. The highest BCUT2D eigenvalue weighted by molar-refractivity contribution is 6.28. The van der Waals surface area contributed by atoms with E-state index in [9.17, 15) is 13.2 Å². The number of halogens is 4. The van der Waals surface area contributed by atoms with E-state index in [0.29, 0.717) is 85.1 Å². The van der Waals surface area contributed by atoms with Crippen LogP contribution in [0.4, 0.5) is 36.2 Å². The summed E-state index contributed by atoms with van der Waals surface area (Å²) in [6.45, 7) is 8.98. The quantitative estimate of drug-likeness (QED) is 0.170. The molecule has 0 spiro atoms. The molecule has 3 aromatic heterocycles. The Kier molecular flexibility index (Phi) is 11.3. The van der Waals surface area contributed by atoms with Gasteiger partial charge < -0.3 is 24.6 Å². The lowest BCUT2D eigenvalue weighted by Gasteiger charge is -2.29. The molecule has 2 saturated heterocycles. The molecule has 2 aliphatic heterocycles. The Bertz CT molecular complexity index is 2250. The minimum Gasteiger partial charge on any atom is -0.378 e. The van der Waals surface area contributed by atoms with E-state index in [1.165, 1.54) is 35.0 Å². The Labute approximate surface area is 314 Å². The summed E-state index contributed by atoms with van der Waals surface area (Å²) < 4.78 is 55.2. The molecule has 0 aliphatic carbocycles. The Balaban J connectivity index is 0.000000191. The highest BCUT2D eigenvalue weighted by Gasteiger charge is 2.17. The Hall–Kier alpha value is -5.64.